The predicted molar refractivity (Wildman–Crippen MR) is 90.2 cm³/mol. The first kappa shape index (κ1) is 13.8. The lowest BCUT2D eigenvalue weighted by atomic mass is 10.1. The number of nitrogens with one attached hydrogen (secondary N) is 1. The predicted octanol–water partition coefficient (Wildman–Crippen LogP) is 3.90. The minimum absolute atomic E-state index is 0.656. The zero-order valence-corrected chi connectivity index (χ0v) is 13.2. The molecule has 0 atom stereocenters. The monoisotopic (exact) mass is 342 g/mol. The Hall–Kier alpha value is -2.14. The second-order valence-electron chi connectivity index (χ2n) is 4.85. The number of hydrogen-bond donors (Lipinski definition) is 2. The highest BCUT2D eigenvalue weighted by molar-refractivity contribution is 9.10. The van der Waals surface area contributed by atoms with E-state index in [-0.39, 0.29) is 0 Å². The average Bonchev–Trinajstić information content (AvgIpc) is 2.52. The fourth-order valence-electron chi connectivity index (χ4n) is 2.20. The number of halogens is 1. The Labute approximate surface area is 131 Å². The van der Waals surface area contributed by atoms with E-state index in [1.54, 1.807) is 6.20 Å². The van der Waals surface area contributed by atoms with Crippen molar-refractivity contribution in [3.05, 3.63) is 58.3 Å². The number of nitrogens with zero attached hydrogens (tertiary/aromatic N) is 2. The van der Waals surface area contributed by atoms with E-state index in [2.05, 4.69) is 49.4 Å². The molecule has 106 valence electrons. The number of para-hydroxylation sites is 1. The molecule has 5 heteroatoms. The first-order chi connectivity index (χ1) is 10.2. The molecular weight excluding hydrogens is 328 g/mol. The van der Waals surface area contributed by atoms with E-state index in [0.717, 1.165) is 32.3 Å². The maximum atomic E-state index is 5.84. The summed E-state index contributed by atoms with van der Waals surface area (Å²) in [6, 6.07) is 10.2. The lowest BCUT2D eigenvalue weighted by molar-refractivity contribution is 1.10. The lowest BCUT2D eigenvalue weighted by Gasteiger charge is -2.12. The molecule has 0 saturated heterocycles. The number of pyridine rings is 2. The molecule has 2 aromatic heterocycles. The van der Waals surface area contributed by atoms with Crippen molar-refractivity contribution in [3.63, 3.8) is 0 Å². The Kier molecular flexibility index (Phi) is 3.75. The van der Waals surface area contributed by atoms with Gasteiger partial charge < -0.3 is 11.1 Å². The summed E-state index contributed by atoms with van der Waals surface area (Å²) in [5, 5.41) is 4.47. The van der Waals surface area contributed by atoms with Crippen molar-refractivity contribution in [1.82, 2.24) is 9.97 Å². The summed E-state index contributed by atoms with van der Waals surface area (Å²) in [4.78, 5) is 8.79. The van der Waals surface area contributed by atoms with E-state index < -0.39 is 0 Å². The highest BCUT2D eigenvalue weighted by Gasteiger charge is 2.08. The quantitative estimate of drug-likeness (QED) is 0.757. The molecule has 0 saturated carbocycles. The highest BCUT2D eigenvalue weighted by atomic mass is 79.9. The third-order valence-electron chi connectivity index (χ3n) is 3.47. The smallest absolute Gasteiger partial charge is 0.140 e. The minimum Gasteiger partial charge on any atom is -0.397 e. The number of benzene rings is 1. The Balaban J connectivity index is 1.89. The zero-order chi connectivity index (χ0) is 14.8. The standard InChI is InChI=1S/C16H15BrN4/c1-10-13(18)9-21-16(14(10)17)20-8-12-5-2-4-11-6-3-7-19-15(11)12/h2-7,9H,8,18H2,1H3,(H,20,21). The normalized spacial score (nSPS) is 10.8. The molecule has 2 heterocycles. The van der Waals surface area contributed by atoms with E-state index in [1.807, 2.05) is 25.3 Å². The summed E-state index contributed by atoms with van der Waals surface area (Å²) in [6.45, 7) is 2.62. The minimum atomic E-state index is 0.656. The molecule has 0 spiro atoms. The lowest BCUT2D eigenvalue weighted by Crippen LogP contribution is -2.05. The largest absolute Gasteiger partial charge is 0.397 e. The van der Waals surface area contributed by atoms with Crippen molar-refractivity contribution < 1.29 is 0 Å². The molecule has 1 aromatic carbocycles. The molecule has 3 rings (SSSR count). The molecule has 0 bridgehead atoms. The number of fused-ring (bicyclic) bond motifs is 1. The third-order valence-corrected chi connectivity index (χ3v) is 4.44. The maximum Gasteiger partial charge on any atom is 0.140 e. The Morgan fingerprint density at radius 3 is 2.86 bits per heavy atom. The molecule has 0 aliphatic heterocycles. The van der Waals surface area contributed by atoms with Gasteiger partial charge in [0.25, 0.3) is 0 Å². The van der Waals surface area contributed by atoms with Crippen LogP contribution in [-0.4, -0.2) is 9.97 Å². The number of hydrogen-bond acceptors (Lipinski definition) is 4. The van der Waals surface area contributed by atoms with Gasteiger partial charge in [-0.3, -0.25) is 4.98 Å². The number of rotatable bonds is 3. The number of nitrogen functional groups attached to an aromatic ring is 1. The van der Waals surface area contributed by atoms with Gasteiger partial charge >= 0.3 is 0 Å². The van der Waals surface area contributed by atoms with E-state index in [0.29, 0.717) is 12.2 Å². The van der Waals surface area contributed by atoms with Gasteiger partial charge in [-0.1, -0.05) is 24.3 Å². The van der Waals surface area contributed by atoms with Crippen LogP contribution >= 0.6 is 15.9 Å². The topological polar surface area (TPSA) is 63.8 Å². The summed E-state index contributed by atoms with van der Waals surface area (Å²) in [6.07, 6.45) is 3.48. The van der Waals surface area contributed by atoms with Gasteiger partial charge in [0.05, 0.1) is 21.9 Å². The summed E-state index contributed by atoms with van der Waals surface area (Å²) in [5.41, 5.74) is 9.66. The molecule has 0 radical (unpaired) electrons. The number of aromatic nitrogens is 2. The van der Waals surface area contributed by atoms with Crippen LogP contribution in [0.1, 0.15) is 11.1 Å². The van der Waals surface area contributed by atoms with Crippen LogP contribution in [0, 0.1) is 6.92 Å². The number of nitrogens with two attached hydrogens (primary N) is 1. The van der Waals surface area contributed by atoms with E-state index in [9.17, 15) is 0 Å². The first-order valence-electron chi connectivity index (χ1n) is 6.64. The molecule has 4 nitrogen and oxygen atoms in total. The molecule has 0 amide bonds. The van der Waals surface area contributed by atoms with Gasteiger partial charge in [-0.15, -0.1) is 0 Å². The Bertz CT molecular complexity index is 796. The summed E-state index contributed by atoms with van der Waals surface area (Å²) in [5.74, 6) is 0.787. The van der Waals surface area contributed by atoms with Gasteiger partial charge in [0.1, 0.15) is 5.82 Å². The highest BCUT2D eigenvalue weighted by Crippen LogP contribution is 2.28. The summed E-state index contributed by atoms with van der Waals surface area (Å²) < 4.78 is 0.899. The van der Waals surface area contributed by atoms with Crippen molar-refractivity contribution in [2.75, 3.05) is 11.1 Å². The van der Waals surface area contributed by atoms with E-state index in [4.69, 9.17) is 5.73 Å². The van der Waals surface area contributed by atoms with Crippen LogP contribution in [0.15, 0.2) is 47.2 Å². The first-order valence-corrected chi connectivity index (χ1v) is 7.43. The Morgan fingerprint density at radius 1 is 1.19 bits per heavy atom. The van der Waals surface area contributed by atoms with Crippen LogP contribution in [0.2, 0.25) is 0 Å². The number of anilines is 2. The van der Waals surface area contributed by atoms with Crippen LogP contribution in [0.25, 0.3) is 10.9 Å². The molecule has 3 N–H and O–H groups in total. The van der Waals surface area contributed by atoms with Gasteiger partial charge in [-0.25, -0.2) is 4.98 Å². The van der Waals surface area contributed by atoms with Crippen LogP contribution in [-0.2, 0) is 6.54 Å². The molecule has 3 aromatic rings. The second-order valence-corrected chi connectivity index (χ2v) is 5.64. The van der Waals surface area contributed by atoms with Gasteiger partial charge in [0.2, 0.25) is 0 Å². The third kappa shape index (κ3) is 2.69. The molecule has 0 aliphatic carbocycles. The van der Waals surface area contributed by atoms with Crippen LogP contribution in [0.4, 0.5) is 11.5 Å². The van der Waals surface area contributed by atoms with Crippen molar-refractivity contribution >= 4 is 38.3 Å². The van der Waals surface area contributed by atoms with E-state index in [1.165, 1.54) is 0 Å². The van der Waals surface area contributed by atoms with Crippen molar-refractivity contribution in [3.8, 4) is 0 Å². The fourth-order valence-corrected chi connectivity index (χ4v) is 2.68. The molecule has 21 heavy (non-hydrogen) atoms. The second kappa shape index (κ2) is 5.69. The van der Waals surface area contributed by atoms with Crippen LogP contribution in [0.5, 0.6) is 0 Å². The zero-order valence-electron chi connectivity index (χ0n) is 11.6. The molecular formula is C16H15BrN4. The van der Waals surface area contributed by atoms with Gasteiger partial charge in [-0.05, 0) is 40.0 Å². The summed E-state index contributed by atoms with van der Waals surface area (Å²) >= 11 is 3.53. The van der Waals surface area contributed by atoms with Crippen molar-refractivity contribution in [1.29, 1.82) is 0 Å². The average molecular weight is 343 g/mol. The summed E-state index contributed by atoms with van der Waals surface area (Å²) in [7, 11) is 0. The van der Waals surface area contributed by atoms with E-state index >= 15 is 0 Å². The van der Waals surface area contributed by atoms with Crippen molar-refractivity contribution in [2.24, 2.45) is 0 Å². The van der Waals surface area contributed by atoms with Crippen molar-refractivity contribution in [2.45, 2.75) is 13.5 Å². The maximum absolute atomic E-state index is 5.84. The van der Waals surface area contributed by atoms with Crippen LogP contribution < -0.4 is 11.1 Å². The molecule has 0 fully saturated rings. The molecule has 0 unspecified atom stereocenters. The van der Waals surface area contributed by atoms with Gasteiger partial charge in [0, 0.05) is 18.1 Å². The SMILES string of the molecule is Cc1c(N)cnc(NCc2cccc3cccnc23)c1Br. The van der Waals surface area contributed by atoms with Crippen LogP contribution in [0.3, 0.4) is 0 Å². The molecule has 0 aliphatic rings. The Morgan fingerprint density at radius 2 is 2.00 bits per heavy atom. The van der Waals surface area contributed by atoms with Gasteiger partial charge in [-0.2, -0.15) is 0 Å². The van der Waals surface area contributed by atoms with Gasteiger partial charge in [0.15, 0.2) is 0 Å². The fraction of sp³-hybridized carbons (Fsp3) is 0.125.